The lowest BCUT2D eigenvalue weighted by Crippen LogP contribution is -2.38. The summed E-state index contributed by atoms with van der Waals surface area (Å²) < 4.78 is 5.83. The van der Waals surface area contributed by atoms with E-state index in [0.717, 1.165) is 13.1 Å². The SMILES string of the molecule is Cc1ccc(C2CNCC(C)O2)s1. The third-order valence-corrected chi connectivity index (χ3v) is 3.33. The molecule has 1 N–H and O–H groups in total. The van der Waals surface area contributed by atoms with Gasteiger partial charge in [-0.1, -0.05) is 0 Å². The van der Waals surface area contributed by atoms with Crippen molar-refractivity contribution in [1.29, 1.82) is 0 Å². The van der Waals surface area contributed by atoms with E-state index in [1.807, 2.05) is 11.3 Å². The highest BCUT2D eigenvalue weighted by atomic mass is 32.1. The Labute approximate surface area is 82.9 Å². The molecule has 1 aromatic heterocycles. The molecular formula is C10H15NOS. The summed E-state index contributed by atoms with van der Waals surface area (Å²) in [5, 5.41) is 3.37. The smallest absolute Gasteiger partial charge is 0.104 e. The molecule has 13 heavy (non-hydrogen) atoms. The van der Waals surface area contributed by atoms with Crippen LogP contribution in [0.3, 0.4) is 0 Å². The summed E-state index contributed by atoms with van der Waals surface area (Å²) in [6.07, 6.45) is 0.601. The first-order chi connectivity index (χ1) is 6.25. The number of thiophene rings is 1. The lowest BCUT2D eigenvalue weighted by Gasteiger charge is -2.27. The molecule has 2 atom stereocenters. The van der Waals surface area contributed by atoms with E-state index in [4.69, 9.17) is 4.74 Å². The van der Waals surface area contributed by atoms with E-state index in [-0.39, 0.29) is 6.10 Å². The van der Waals surface area contributed by atoms with Crippen LogP contribution in [0.25, 0.3) is 0 Å². The standard InChI is InChI=1S/C10H15NOS/c1-7-5-11-6-9(12-7)10-4-3-8(2)13-10/h3-4,7,9,11H,5-6H2,1-2H3. The van der Waals surface area contributed by atoms with E-state index in [9.17, 15) is 0 Å². The van der Waals surface area contributed by atoms with E-state index in [0.29, 0.717) is 6.10 Å². The fourth-order valence-corrected chi connectivity index (χ4v) is 2.50. The average molecular weight is 197 g/mol. The summed E-state index contributed by atoms with van der Waals surface area (Å²) in [4.78, 5) is 2.70. The molecule has 1 aliphatic rings. The van der Waals surface area contributed by atoms with Crippen LogP contribution in [0.2, 0.25) is 0 Å². The summed E-state index contributed by atoms with van der Waals surface area (Å²) >= 11 is 1.83. The third-order valence-electron chi connectivity index (χ3n) is 2.24. The Morgan fingerprint density at radius 2 is 2.31 bits per heavy atom. The van der Waals surface area contributed by atoms with Gasteiger partial charge in [-0.15, -0.1) is 11.3 Å². The predicted octanol–water partition coefficient (Wildman–Crippen LogP) is 2.11. The van der Waals surface area contributed by atoms with Crippen LogP contribution in [0.15, 0.2) is 12.1 Å². The van der Waals surface area contributed by atoms with Crippen molar-refractivity contribution in [2.45, 2.75) is 26.1 Å². The summed E-state index contributed by atoms with van der Waals surface area (Å²) in [6, 6.07) is 4.33. The van der Waals surface area contributed by atoms with Crippen LogP contribution in [0.5, 0.6) is 0 Å². The van der Waals surface area contributed by atoms with E-state index in [1.54, 1.807) is 0 Å². The Hall–Kier alpha value is -0.380. The molecule has 1 aliphatic heterocycles. The van der Waals surface area contributed by atoms with Crippen molar-refractivity contribution in [3.8, 4) is 0 Å². The van der Waals surface area contributed by atoms with Crippen molar-refractivity contribution in [2.75, 3.05) is 13.1 Å². The maximum Gasteiger partial charge on any atom is 0.104 e. The van der Waals surface area contributed by atoms with Gasteiger partial charge in [0.05, 0.1) is 6.10 Å². The fraction of sp³-hybridized carbons (Fsp3) is 0.600. The number of morpholine rings is 1. The van der Waals surface area contributed by atoms with Crippen molar-refractivity contribution in [3.05, 3.63) is 21.9 Å². The molecular weight excluding hydrogens is 182 g/mol. The third kappa shape index (κ3) is 2.10. The lowest BCUT2D eigenvalue weighted by molar-refractivity contribution is -0.0268. The highest BCUT2D eigenvalue weighted by molar-refractivity contribution is 7.12. The molecule has 1 fully saturated rings. The zero-order valence-electron chi connectivity index (χ0n) is 8.04. The van der Waals surface area contributed by atoms with Gasteiger partial charge in [0, 0.05) is 22.8 Å². The van der Waals surface area contributed by atoms with Gasteiger partial charge in [-0.05, 0) is 26.0 Å². The maximum atomic E-state index is 5.83. The predicted molar refractivity (Wildman–Crippen MR) is 55.2 cm³/mol. The van der Waals surface area contributed by atoms with Gasteiger partial charge in [-0.25, -0.2) is 0 Å². The average Bonchev–Trinajstić information content (AvgIpc) is 2.52. The summed E-state index contributed by atoms with van der Waals surface area (Å²) in [7, 11) is 0. The van der Waals surface area contributed by atoms with Gasteiger partial charge in [0.2, 0.25) is 0 Å². The van der Waals surface area contributed by atoms with Crippen LogP contribution in [0.1, 0.15) is 22.8 Å². The molecule has 0 saturated carbocycles. The van der Waals surface area contributed by atoms with E-state index >= 15 is 0 Å². The molecule has 3 heteroatoms. The Balaban J connectivity index is 2.08. The van der Waals surface area contributed by atoms with E-state index in [1.165, 1.54) is 9.75 Å². The van der Waals surface area contributed by atoms with Crippen LogP contribution in [-0.4, -0.2) is 19.2 Å². The van der Waals surface area contributed by atoms with E-state index in [2.05, 4.69) is 31.3 Å². The fourth-order valence-electron chi connectivity index (χ4n) is 1.59. The largest absolute Gasteiger partial charge is 0.367 e. The molecule has 1 saturated heterocycles. The molecule has 1 aromatic rings. The van der Waals surface area contributed by atoms with Gasteiger partial charge in [0.15, 0.2) is 0 Å². The van der Waals surface area contributed by atoms with Gasteiger partial charge in [-0.2, -0.15) is 0 Å². The Morgan fingerprint density at radius 3 is 2.92 bits per heavy atom. The molecule has 0 aliphatic carbocycles. The molecule has 0 radical (unpaired) electrons. The summed E-state index contributed by atoms with van der Waals surface area (Å²) in [5.74, 6) is 0. The Kier molecular flexibility index (Phi) is 2.67. The number of aryl methyl sites for hydroxylation is 1. The van der Waals surface area contributed by atoms with Gasteiger partial charge in [0.25, 0.3) is 0 Å². The van der Waals surface area contributed by atoms with Crippen molar-refractivity contribution < 1.29 is 4.74 Å². The van der Waals surface area contributed by atoms with Crippen LogP contribution < -0.4 is 5.32 Å². The molecule has 0 aromatic carbocycles. The quantitative estimate of drug-likeness (QED) is 0.744. The molecule has 2 heterocycles. The molecule has 0 amide bonds. The van der Waals surface area contributed by atoms with Crippen molar-refractivity contribution >= 4 is 11.3 Å². The molecule has 2 unspecified atom stereocenters. The van der Waals surface area contributed by atoms with Crippen molar-refractivity contribution in [1.82, 2.24) is 5.32 Å². The highest BCUT2D eigenvalue weighted by Crippen LogP contribution is 2.27. The first-order valence-corrected chi connectivity index (χ1v) is 5.50. The van der Waals surface area contributed by atoms with Gasteiger partial charge in [0.1, 0.15) is 6.10 Å². The zero-order chi connectivity index (χ0) is 9.26. The highest BCUT2D eigenvalue weighted by Gasteiger charge is 2.21. The first kappa shape index (κ1) is 9.19. The number of rotatable bonds is 1. The zero-order valence-corrected chi connectivity index (χ0v) is 8.86. The van der Waals surface area contributed by atoms with Crippen LogP contribution in [0.4, 0.5) is 0 Å². The Bertz CT molecular complexity index is 284. The molecule has 72 valence electrons. The number of ether oxygens (including phenoxy) is 1. The molecule has 2 nitrogen and oxygen atoms in total. The maximum absolute atomic E-state index is 5.83. The normalized spacial score (nSPS) is 29.1. The van der Waals surface area contributed by atoms with Crippen LogP contribution in [0, 0.1) is 6.92 Å². The second kappa shape index (κ2) is 3.78. The minimum absolute atomic E-state index is 0.266. The number of nitrogens with one attached hydrogen (secondary N) is 1. The second-order valence-corrected chi connectivity index (χ2v) is 4.86. The summed E-state index contributed by atoms with van der Waals surface area (Å²) in [5.41, 5.74) is 0. The van der Waals surface area contributed by atoms with Gasteiger partial charge >= 0.3 is 0 Å². The van der Waals surface area contributed by atoms with E-state index < -0.39 is 0 Å². The number of hydrogen-bond acceptors (Lipinski definition) is 3. The molecule has 0 spiro atoms. The van der Waals surface area contributed by atoms with Crippen molar-refractivity contribution in [2.24, 2.45) is 0 Å². The molecule has 0 bridgehead atoms. The second-order valence-electron chi connectivity index (χ2n) is 3.54. The molecule has 2 rings (SSSR count). The monoisotopic (exact) mass is 197 g/mol. The topological polar surface area (TPSA) is 21.3 Å². The van der Waals surface area contributed by atoms with Crippen LogP contribution >= 0.6 is 11.3 Å². The summed E-state index contributed by atoms with van der Waals surface area (Å²) in [6.45, 7) is 6.17. The minimum atomic E-state index is 0.266. The van der Waals surface area contributed by atoms with Crippen LogP contribution in [-0.2, 0) is 4.74 Å². The number of hydrogen-bond donors (Lipinski definition) is 1. The first-order valence-electron chi connectivity index (χ1n) is 4.68. The lowest BCUT2D eigenvalue weighted by atomic mass is 10.2. The van der Waals surface area contributed by atoms with Crippen molar-refractivity contribution in [3.63, 3.8) is 0 Å². The van der Waals surface area contributed by atoms with Gasteiger partial charge in [-0.3, -0.25) is 0 Å². The Morgan fingerprint density at radius 1 is 1.46 bits per heavy atom. The minimum Gasteiger partial charge on any atom is -0.367 e. The van der Waals surface area contributed by atoms with Gasteiger partial charge < -0.3 is 10.1 Å².